The molecule has 110 valence electrons. The van der Waals surface area contributed by atoms with Crippen molar-refractivity contribution in [3.05, 3.63) is 35.9 Å². The summed E-state index contributed by atoms with van der Waals surface area (Å²) in [4.78, 5) is 5.15. The van der Waals surface area contributed by atoms with E-state index in [-0.39, 0.29) is 5.54 Å². The Kier molecular flexibility index (Phi) is 4.39. The number of rotatable bonds is 5. The predicted octanol–water partition coefficient (Wildman–Crippen LogP) is 2.08. The van der Waals surface area contributed by atoms with Crippen LogP contribution in [0.1, 0.15) is 31.2 Å². The van der Waals surface area contributed by atoms with E-state index < -0.39 is 0 Å². The Labute approximate surface area is 122 Å². The average Bonchev–Trinajstić information content (AvgIpc) is 2.46. The fourth-order valence-electron chi connectivity index (χ4n) is 3.27. The molecule has 0 atom stereocenters. The van der Waals surface area contributed by atoms with Gasteiger partial charge in [-0.25, -0.2) is 0 Å². The zero-order valence-corrected chi connectivity index (χ0v) is 12.4. The Balaban J connectivity index is 1.38. The molecule has 2 fully saturated rings. The summed E-state index contributed by atoms with van der Waals surface area (Å²) in [6.45, 7) is 7.05. The minimum Gasteiger partial charge on any atom is -0.325 e. The van der Waals surface area contributed by atoms with E-state index in [2.05, 4.69) is 40.1 Å². The van der Waals surface area contributed by atoms with E-state index in [0.717, 1.165) is 6.54 Å². The molecule has 3 nitrogen and oxygen atoms in total. The molecule has 1 aromatic rings. The van der Waals surface area contributed by atoms with Gasteiger partial charge in [0.25, 0.3) is 0 Å². The van der Waals surface area contributed by atoms with Crippen molar-refractivity contribution in [3.63, 3.8) is 0 Å². The molecule has 1 aliphatic heterocycles. The van der Waals surface area contributed by atoms with Gasteiger partial charge in [-0.1, -0.05) is 30.3 Å². The molecule has 1 saturated heterocycles. The van der Waals surface area contributed by atoms with E-state index in [1.807, 2.05) is 0 Å². The Bertz CT molecular complexity index is 406. The number of piperazine rings is 1. The van der Waals surface area contributed by atoms with Crippen LogP contribution in [-0.2, 0) is 6.54 Å². The summed E-state index contributed by atoms with van der Waals surface area (Å²) in [6.07, 6.45) is 5.00. The number of hydrogen-bond acceptors (Lipinski definition) is 3. The van der Waals surface area contributed by atoms with Gasteiger partial charge in [-0.15, -0.1) is 0 Å². The van der Waals surface area contributed by atoms with Gasteiger partial charge in [-0.05, 0) is 37.8 Å². The standard InChI is InChI=1S/C17H27N3/c18-17(7-4-8-17)9-10-19-11-13-20(14-12-19)15-16-5-2-1-3-6-16/h1-3,5-6H,4,7-15,18H2. The molecule has 0 spiro atoms. The van der Waals surface area contributed by atoms with E-state index in [1.54, 1.807) is 0 Å². The molecule has 1 aliphatic carbocycles. The summed E-state index contributed by atoms with van der Waals surface area (Å²) < 4.78 is 0. The summed E-state index contributed by atoms with van der Waals surface area (Å²) in [5, 5.41) is 0. The highest BCUT2D eigenvalue weighted by atomic mass is 15.3. The van der Waals surface area contributed by atoms with Crippen LogP contribution in [0, 0.1) is 0 Å². The third-order valence-corrected chi connectivity index (χ3v) is 4.99. The Morgan fingerprint density at radius 3 is 2.20 bits per heavy atom. The molecule has 20 heavy (non-hydrogen) atoms. The Hall–Kier alpha value is -0.900. The maximum atomic E-state index is 6.31. The minimum atomic E-state index is 0.182. The molecule has 0 radical (unpaired) electrons. The molecule has 0 unspecified atom stereocenters. The van der Waals surface area contributed by atoms with Crippen LogP contribution in [0.15, 0.2) is 30.3 Å². The van der Waals surface area contributed by atoms with Crippen LogP contribution >= 0.6 is 0 Å². The summed E-state index contributed by atoms with van der Waals surface area (Å²) >= 11 is 0. The van der Waals surface area contributed by atoms with Crippen molar-refractivity contribution in [2.24, 2.45) is 5.73 Å². The molecule has 3 rings (SSSR count). The van der Waals surface area contributed by atoms with Gasteiger partial charge in [-0.3, -0.25) is 4.90 Å². The molecule has 3 heteroatoms. The lowest BCUT2D eigenvalue weighted by atomic mass is 9.75. The molecule has 1 saturated carbocycles. The van der Waals surface area contributed by atoms with Crippen molar-refractivity contribution in [1.29, 1.82) is 0 Å². The molecule has 1 heterocycles. The molecule has 2 aliphatic rings. The molecule has 1 aromatic carbocycles. The second-order valence-electron chi connectivity index (χ2n) is 6.57. The van der Waals surface area contributed by atoms with Gasteiger partial charge >= 0.3 is 0 Å². The molecule has 2 N–H and O–H groups in total. The summed E-state index contributed by atoms with van der Waals surface area (Å²) in [7, 11) is 0. The largest absolute Gasteiger partial charge is 0.325 e. The van der Waals surface area contributed by atoms with Crippen molar-refractivity contribution >= 4 is 0 Å². The predicted molar refractivity (Wildman–Crippen MR) is 83.5 cm³/mol. The normalized spacial score (nSPS) is 23.4. The first kappa shape index (κ1) is 14.1. The van der Waals surface area contributed by atoms with Gasteiger partial charge in [0.15, 0.2) is 0 Å². The van der Waals surface area contributed by atoms with Gasteiger partial charge in [0.05, 0.1) is 0 Å². The van der Waals surface area contributed by atoms with Crippen LogP contribution in [0.2, 0.25) is 0 Å². The number of benzene rings is 1. The van der Waals surface area contributed by atoms with Crippen LogP contribution in [0.3, 0.4) is 0 Å². The maximum absolute atomic E-state index is 6.31. The second-order valence-corrected chi connectivity index (χ2v) is 6.57. The van der Waals surface area contributed by atoms with Gasteiger partial charge in [-0.2, -0.15) is 0 Å². The fourth-order valence-corrected chi connectivity index (χ4v) is 3.27. The fraction of sp³-hybridized carbons (Fsp3) is 0.647. The van der Waals surface area contributed by atoms with Crippen LogP contribution in [0.25, 0.3) is 0 Å². The van der Waals surface area contributed by atoms with E-state index in [0.29, 0.717) is 0 Å². The van der Waals surface area contributed by atoms with Crippen LogP contribution < -0.4 is 5.73 Å². The van der Waals surface area contributed by atoms with Crippen molar-refractivity contribution in [1.82, 2.24) is 9.80 Å². The van der Waals surface area contributed by atoms with Gasteiger partial charge < -0.3 is 10.6 Å². The summed E-state index contributed by atoms with van der Waals surface area (Å²) in [5.74, 6) is 0. The number of nitrogens with zero attached hydrogens (tertiary/aromatic N) is 2. The summed E-state index contributed by atoms with van der Waals surface area (Å²) in [6, 6.07) is 10.8. The first-order valence-corrected chi connectivity index (χ1v) is 8.01. The highest BCUT2D eigenvalue weighted by molar-refractivity contribution is 5.14. The Morgan fingerprint density at radius 2 is 1.60 bits per heavy atom. The van der Waals surface area contributed by atoms with Crippen molar-refractivity contribution in [3.8, 4) is 0 Å². The lowest BCUT2D eigenvalue weighted by Crippen LogP contribution is -2.51. The van der Waals surface area contributed by atoms with Crippen LogP contribution in [-0.4, -0.2) is 48.1 Å². The molecule has 0 aromatic heterocycles. The third kappa shape index (κ3) is 3.60. The minimum absolute atomic E-state index is 0.182. The Morgan fingerprint density at radius 1 is 0.950 bits per heavy atom. The zero-order valence-electron chi connectivity index (χ0n) is 12.4. The molecule has 0 bridgehead atoms. The first-order valence-electron chi connectivity index (χ1n) is 8.01. The highest BCUT2D eigenvalue weighted by Gasteiger charge is 2.32. The number of nitrogens with two attached hydrogens (primary N) is 1. The number of hydrogen-bond donors (Lipinski definition) is 1. The zero-order chi connectivity index (χ0) is 13.8. The van der Waals surface area contributed by atoms with Crippen molar-refractivity contribution < 1.29 is 0 Å². The third-order valence-electron chi connectivity index (χ3n) is 4.99. The van der Waals surface area contributed by atoms with E-state index in [9.17, 15) is 0 Å². The quantitative estimate of drug-likeness (QED) is 0.891. The van der Waals surface area contributed by atoms with E-state index in [1.165, 1.54) is 64.0 Å². The second kappa shape index (κ2) is 6.25. The molecular formula is C17H27N3. The molecular weight excluding hydrogens is 246 g/mol. The van der Waals surface area contributed by atoms with E-state index >= 15 is 0 Å². The SMILES string of the molecule is NC1(CCN2CCN(Cc3ccccc3)CC2)CCC1. The summed E-state index contributed by atoms with van der Waals surface area (Å²) in [5.41, 5.74) is 7.92. The highest BCUT2D eigenvalue weighted by Crippen LogP contribution is 2.32. The lowest BCUT2D eigenvalue weighted by molar-refractivity contribution is 0.109. The smallest absolute Gasteiger partial charge is 0.0234 e. The van der Waals surface area contributed by atoms with Crippen molar-refractivity contribution in [2.75, 3.05) is 32.7 Å². The van der Waals surface area contributed by atoms with Crippen LogP contribution in [0.4, 0.5) is 0 Å². The van der Waals surface area contributed by atoms with Gasteiger partial charge in [0, 0.05) is 38.3 Å². The first-order chi connectivity index (χ1) is 9.73. The monoisotopic (exact) mass is 273 g/mol. The van der Waals surface area contributed by atoms with Gasteiger partial charge in [0.1, 0.15) is 0 Å². The maximum Gasteiger partial charge on any atom is 0.0234 e. The van der Waals surface area contributed by atoms with Crippen LogP contribution in [0.5, 0.6) is 0 Å². The lowest BCUT2D eigenvalue weighted by Gasteiger charge is -2.41. The average molecular weight is 273 g/mol. The van der Waals surface area contributed by atoms with Gasteiger partial charge in [0.2, 0.25) is 0 Å². The molecule has 0 amide bonds. The van der Waals surface area contributed by atoms with E-state index in [4.69, 9.17) is 5.73 Å². The van der Waals surface area contributed by atoms with Crippen molar-refractivity contribution in [2.45, 2.75) is 37.8 Å². The topological polar surface area (TPSA) is 32.5 Å².